The first kappa shape index (κ1) is 15.8. The smallest absolute Gasteiger partial charge is 0.227 e. The SMILES string of the molecule is CC1(C(=O)NC2CCN(C(C)(C)C)CC2)CCCNC1. The predicted octanol–water partition coefficient (Wildman–Crippen LogP) is 1.76. The Hall–Kier alpha value is -0.610. The Morgan fingerprint density at radius 3 is 2.45 bits per heavy atom. The largest absolute Gasteiger partial charge is 0.353 e. The number of hydrogen-bond donors (Lipinski definition) is 2. The van der Waals surface area contributed by atoms with Gasteiger partial charge in [0.1, 0.15) is 0 Å². The average molecular weight is 281 g/mol. The lowest BCUT2D eigenvalue weighted by molar-refractivity contribution is -0.132. The first-order chi connectivity index (χ1) is 9.31. The fourth-order valence-electron chi connectivity index (χ4n) is 3.30. The molecule has 2 N–H and O–H groups in total. The summed E-state index contributed by atoms with van der Waals surface area (Å²) in [6.07, 6.45) is 4.26. The summed E-state index contributed by atoms with van der Waals surface area (Å²) in [4.78, 5) is 15.0. The maximum absolute atomic E-state index is 12.5. The maximum atomic E-state index is 12.5. The van der Waals surface area contributed by atoms with Crippen molar-refractivity contribution in [1.82, 2.24) is 15.5 Å². The molecule has 1 amide bonds. The molecular weight excluding hydrogens is 250 g/mol. The van der Waals surface area contributed by atoms with Crippen LogP contribution in [0.1, 0.15) is 53.4 Å². The van der Waals surface area contributed by atoms with Gasteiger partial charge in [-0.15, -0.1) is 0 Å². The van der Waals surface area contributed by atoms with E-state index in [0.717, 1.165) is 51.9 Å². The van der Waals surface area contributed by atoms with E-state index in [1.165, 1.54) is 0 Å². The summed E-state index contributed by atoms with van der Waals surface area (Å²) in [5, 5.41) is 6.65. The predicted molar refractivity (Wildman–Crippen MR) is 82.7 cm³/mol. The Morgan fingerprint density at radius 2 is 1.95 bits per heavy atom. The van der Waals surface area contributed by atoms with Crippen molar-refractivity contribution in [1.29, 1.82) is 0 Å². The molecule has 1 unspecified atom stereocenters. The molecule has 2 saturated heterocycles. The second-order valence-corrected chi connectivity index (χ2v) is 7.75. The Balaban J connectivity index is 1.82. The van der Waals surface area contributed by atoms with Crippen molar-refractivity contribution in [2.24, 2.45) is 5.41 Å². The zero-order valence-electron chi connectivity index (χ0n) is 13.6. The number of amides is 1. The lowest BCUT2D eigenvalue weighted by Gasteiger charge is -2.42. The van der Waals surface area contributed by atoms with Crippen LogP contribution in [0.5, 0.6) is 0 Å². The van der Waals surface area contributed by atoms with Gasteiger partial charge in [0.2, 0.25) is 5.91 Å². The third-order valence-corrected chi connectivity index (χ3v) is 4.92. The fourth-order valence-corrected chi connectivity index (χ4v) is 3.30. The molecule has 1 atom stereocenters. The summed E-state index contributed by atoms with van der Waals surface area (Å²) >= 11 is 0. The first-order valence-corrected chi connectivity index (χ1v) is 8.08. The van der Waals surface area contributed by atoms with Crippen LogP contribution >= 0.6 is 0 Å². The Kier molecular flexibility index (Phi) is 4.75. The van der Waals surface area contributed by atoms with Gasteiger partial charge in [-0.2, -0.15) is 0 Å². The Bertz CT molecular complexity index is 334. The van der Waals surface area contributed by atoms with Crippen LogP contribution in [0.2, 0.25) is 0 Å². The molecule has 20 heavy (non-hydrogen) atoms. The molecule has 0 aromatic rings. The van der Waals surface area contributed by atoms with Crippen LogP contribution in [0.4, 0.5) is 0 Å². The topological polar surface area (TPSA) is 44.4 Å². The molecule has 2 fully saturated rings. The van der Waals surface area contributed by atoms with Gasteiger partial charge in [-0.1, -0.05) is 0 Å². The minimum atomic E-state index is -0.209. The van der Waals surface area contributed by atoms with E-state index in [4.69, 9.17) is 0 Å². The molecule has 0 spiro atoms. The molecule has 0 saturated carbocycles. The van der Waals surface area contributed by atoms with Gasteiger partial charge in [-0.3, -0.25) is 9.69 Å². The van der Waals surface area contributed by atoms with Crippen molar-refractivity contribution >= 4 is 5.91 Å². The van der Waals surface area contributed by atoms with E-state index in [-0.39, 0.29) is 16.9 Å². The van der Waals surface area contributed by atoms with Crippen molar-refractivity contribution < 1.29 is 4.79 Å². The number of carbonyl (C=O) groups excluding carboxylic acids is 1. The third-order valence-electron chi connectivity index (χ3n) is 4.92. The molecule has 4 nitrogen and oxygen atoms in total. The monoisotopic (exact) mass is 281 g/mol. The molecule has 2 rings (SSSR count). The molecule has 0 aliphatic carbocycles. The highest BCUT2D eigenvalue weighted by Crippen LogP contribution is 2.27. The Morgan fingerprint density at radius 1 is 1.30 bits per heavy atom. The molecule has 0 aromatic heterocycles. The van der Waals surface area contributed by atoms with Gasteiger partial charge in [0.25, 0.3) is 0 Å². The summed E-state index contributed by atoms with van der Waals surface area (Å²) in [7, 11) is 0. The van der Waals surface area contributed by atoms with E-state index in [2.05, 4.69) is 43.2 Å². The van der Waals surface area contributed by atoms with Crippen LogP contribution in [0, 0.1) is 5.41 Å². The van der Waals surface area contributed by atoms with Crippen molar-refractivity contribution in [2.75, 3.05) is 26.2 Å². The molecule has 2 aliphatic rings. The number of likely N-dealkylation sites (tertiary alicyclic amines) is 1. The molecule has 0 radical (unpaired) electrons. The highest BCUT2D eigenvalue weighted by molar-refractivity contribution is 5.82. The summed E-state index contributed by atoms with van der Waals surface area (Å²) in [5.74, 6) is 0.249. The fraction of sp³-hybridized carbons (Fsp3) is 0.938. The van der Waals surface area contributed by atoms with E-state index in [1.807, 2.05) is 0 Å². The molecule has 0 aromatic carbocycles. The van der Waals surface area contributed by atoms with Crippen LogP contribution in [0.15, 0.2) is 0 Å². The standard InChI is InChI=1S/C16H31N3O/c1-15(2,3)19-10-6-13(7-11-19)18-14(20)16(4)8-5-9-17-12-16/h13,17H,5-12H2,1-4H3,(H,18,20). The minimum absolute atomic E-state index is 0.209. The molecule has 116 valence electrons. The summed E-state index contributed by atoms with van der Waals surface area (Å²) in [6, 6.07) is 0.361. The van der Waals surface area contributed by atoms with Crippen LogP contribution < -0.4 is 10.6 Å². The van der Waals surface area contributed by atoms with E-state index < -0.39 is 0 Å². The van der Waals surface area contributed by atoms with Gasteiger partial charge < -0.3 is 10.6 Å². The summed E-state index contributed by atoms with van der Waals surface area (Å²) in [5.41, 5.74) is 0.0354. The maximum Gasteiger partial charge on any atom is 0.227 e. The molecule has 0 bridgehead atoms. The number of rotatable bonds is 2. The lowest BCUT2D eigenvalue weighted by Crippen LogP contribution is -2.55. The second kappa shape index (κ2) is 6.02. The highest BCUT2D eigenvalue weighted by Gasteiger charge is 2.36. The normalized spacial score (nSPS) is 30.2. The molecule has 2 heterocycles. The average Bonchev–Trinajstić information content (AvgIpc) is 2.39. The van der Waals surface area contributed by atoms with Crippen LogP contribution in [0.25, 0.3) is 0 Å². The van der Waals surface area contributed by atoms with E-state index in [9.17, 15) is 4.79 Å². The number of carbonyl (C=O) groups is 1. The van der Waals surface area contributed by atoms with Crippen molar-refractivity contribution in [3.63, 3.8) is 0 Å². The Labute approximate surface area is 123 Å². The van der Waals surface area contributed by atoms with Gasteiger partial charge in [-0.25, -0.2) is 0 Å². The quantitative estimate of drug-likeness (QED) is 0.810. The minimum Gasteiger partial charge on any atom is -0.353 e. The van der Waals surface area contributed by atoms with Gasteiger partial charge in [0.15, 0.2) is 0 Å². The lowest BCUT2D eigenvalue weighted by atomic mass is 9.81. The van der Waals surface area contributed by atoms with E-state index in [1.54, 1.807) is 0 Å². The summed E-state index contributed by atoms with van der Waals surface area (Å²) in [6.45, 7) is 12.9. The number of piperidine rings is 2. The molecule has 4 heteroatoms. The van der Waals surface area contributed by atoms with Crippen molar-refractivity contribution in [3.8, 4) is 0 Å². The first-order valence-electron chi connectivity index (χ1n) is 8.08. The number of nitrogens with zero attached hydrogens (tertiary/aromatic N) is 1. The van der Waals surface area contributed by atoms with E-state index in [0.29, 0.717) is 6.04 Å². The second-order valence-electron chi connectivity index (χ2n) is 7.75. The summed E-state index contributed by atoms with van der Waals surface area (Å²) < 4.78 is 0. The van der Waals surface area contributed by atoms with Gasteiger partial charge in [0.05, 0.1) is 5.41 Å². The van der Waals surface area contributed by atoms with Crippen LogP contribution in [0.3, 0.4) is 0 Å². The van der Waals surface area contributed by atoms with Gasteiger partial charge in [-0.05, 0) is 59.9 Å². The number of hydrogen-bond acceptors (Lipinski definition) is 3. The van der Waals surface area contributed by atoms with Crippen molar-refractivity contribution in [2.45, 2.75) is 65.0 Å². The highest BCUT2D eigenvalue weighted by atomic mass is 16.2. The zero-order valence-corrected chi connectivity index (χ0v) is 13.6. The van der Waals surface area contributed by atoms with Gasteiger partial charge >= 0.3 is 0 Å². The third kappa shape index (κ3) is 3.73. The molecular formula is C16H31N3O. The zero-order chi connectivity index (χ0) is 14.8. The van der Waals surface area contributed by atoms with Crippen LogP contribution in [-0.2, 0) is 4.79 Å². The number of nitrogens with one attached hydrogen (secondary N) is 2. The van der Waals surface area contributed by atoms with Crippen molar-refractivity contribution in [3.05, 3.63) is 0 Å². The van der Waals surface area contributed by atoms with E-state index >= 15 is 0 Å². The van der Waals surface area contributed by atoms with Gasteiger partial charge in [0, 0.05) is 31.2 Å². The van der Waals surface area contributed by atoms with Crippen LogP contribution in [-0.4, -0.2) is 48.6 Å². The molecule has 2 aliphatic heterocycles.